The van der Waals surface area contributed by atoms with Gasteiger partial charge in [0.05, 0.1) is 6.54 Å². The number of hydrogen-bond donors (Lipinski definition) is 3. The van der Waals surface area contributed by atoms with Crippen LogP contribution in [0.15, 0.2) is 18.3 Å². The number of rotatable bonds is 5. The Morgan fingerprint density at radius 3 is 2.78 bits per heavy atom. The molecule has 1 aromatic rings. The van der Waals surface area contributed by atoms with Gasteiger partial charge in [-0.2, -0.15) is 0 Å². The van der Waals surface area contributed by atoms with Crippen LogP contribution in [0.3, 0.4) is 0 Å². The second-order valence-electron chi connectivity index (χ2n) is 3.84. The zero-order valence-corrected chi connectivity index (χ0v) is 10.6. The van der Waals surface area contributed by atoms with Gasteiger partial charge < -0.3 is 16.0 Å². The van der Waals surface area contributed by atoms with E-state index in [0.717, 1.165) is 12.1 Å². The molecule has 1 heterocycles. The third kappa shape index (κ3) is 5.29. The molecule has 1 aromatic heterocycles. The lowest BCUT2D eigenvalue weighted by Gasteiger charge is -2.08. The van der Waals surface area contributed by atoms with Crippen LogP contribution >= 0.6 is 0 Å². The lowest BCUT2D eigenvalue weighted by molar-refractivity contribution is -0.120. The van der Waals surface area contributed by atoms with Crippen molar-refractivity contribution < 1.29 is 9.59 Å². The van der Waals surface area contributed by atoms with Crippen molar-refractivity contribution in [2.45, 2.75) is 20.3 Å². The molecule has 0 bridgehead atoms. The van der Waals surface area contributed by atoms with Crippen LogP contribution in [-0.4, -0.2) is 30.0 Å². The molecule has 3 N–H and O–H groups in total. The zero-order valence-electron chi connectivity index (χ0n) is 10.6. The maximum Gasteiger partial charge on any atom is 0.319 e. The first-order chi connectivity index (χ1) is 8.61. The molecule has 0 aliphatic carbocycles. The molecule has 6 heteroatoms. The normalized spacial score (nSPS) is 9.67. The summed E-state index contributed by atoms with van der Waals surface area (Å²) in [5, 5.41) is 7.77. The fourth-order valence-electron chi connectivity index (χ4n) is 1.29. The molecule has 0 aliphatic rings. The Morgan fingerprint density at radius 1 is 1.33 bits per heavy atom. The molecule has 0 saturated heterocycles. The number of pyridine rings is 1. The van der Waals surface area contributed by atoms with E-state index >= 15 is 0 Å². The molecule has 1 rings (SSSR count). The quantitative estimate of drug-likeness (QED) is 0.730. The van der Waals surface area contributed by atoms with E-state index in [1.165, 1.54) is 0 Å². The fourth-order valence-corrected chi connectivity index (χ4v) is 1.29. The second kappa shape index (κ2) is 7.26. The summed E-state index contributed by atoms with van der Waals surface area (Å²) in [5.74, 6) is -0.196. The van der Waals surface area contributed by atoms with Crippen LogP contribution < -0.4 is 16.0 Å². The van der Waals surface area contributed by atoms with Gasteiger partial charge in [0, 0.05) is 24.1 Å². The molecule has 18 heavy (non-hydrogen) atoms. The molecule has 0 fully saturated rings. The van der Waals surface area contributed by atoms with E-state index in [0.29, 0.717) is 12.2 Å². The molecule has 0 saturated carbocycles. The first-order valence-electron chi connectivity index (χ1n) is 5.86. The summed E-state index contributed by atoms with van der Waals surface area (Å²) in [6.45, 7) is 4.38. The van der Waals surface area contributed by atoms with E-state index in [1.54, 1.807) is 18.3 Å². The van der Waals surface area contributed by atoms with E-state index in [9.17, 15) is 9.59 Å². The summed E-state index contributed by atoms with van der Waals surface area (Å²) in [4.78, 5) is 26.7. The van der Waals surface area contributed by atoms with E-state index in [-0.39, 0.29) is 12.5 Å². The maximum atomic E-state index is 11.5. The maximum absolute atomic E-state index is 11.5. The molecule has 0 atom stereocenters. The van der Waals surface area contributed by atoms with Gasteiger partial charge >= 0.3 is 6.03 Å². The Morgan fingerprint density at radius 2 is 2.11 bits per heavy atom. The van der Waals surface area contributed by atoms with Gasteiger partial charge in [-0.15, -0.1) is 0 Å². The van der Waals surface area contributed by atoms with Crippen molar-refractivity contribution in [3.8, 4) is 0 Å². The van der Waals surface area contributed by atoms with E-state index in [1.807, 2.05) is 13.8 Å². The number of aromatic nitrogens is 1. The minimum Gasteiger partial charge on any atom is -0.355 e. The fraction of sp³-hybridized carbons (Fsp3) is 0.417. The van der Waals surface area contributed by atoms with Crippen molar-refractivity contribution in [2.75, 3.05) is 18.4 Å². The van der Waals surface area contributed by atoms with Gasteiger partial charge in [-0.3, -0.25) is 9.78 Å². The number of nitrogens with zero attached hydrogens (tertiary/aromatic N) is 1. The Hall–Kier alpha value is -2.11. The van der Waals surface area contributed by atoms with Crippen LogP contribution in [0.5, 0.6) is 0 Å². The number of carbonyl (C=O) groups is 2. The van der Waals surface area contributed by atoms with Gasteiger partial charge in [-0.05, 0) is 25.5 Å². The SMILES string of the molecule is CCCNC(=O)CNC(=O)Nc1ccnc(C)c1. The number of urea groups is 1. The number of hydrogen-bond acceptors (Lipinski definition) is 3. The third-order valence-electron chi connectivity index (χ3n) is 2.14. The van der Waals surface area contributed by atoms with Crippen LogP contribution in [-0.2, 0) is 4.79 Å². The molecule has 0 radical (unpaired) electrons. The van der Waals surface area contributed by atoms with Crippen molar-refractivity contribution >= 4 is 17.6 Å². The highest BCUT2D eigenvalue weighted by Gasteiger charge is 2.04. The Balaban J connectivity index is 2.31. The number of aryl methyl sites for hydroxylation is 1. The molecule has 0 spiro atoms. The lowest BCUT2D eigenvalue weighted by Crippen LogP contribution is -2.39. The summed E-state index contributed by atoms with van der Waals surface area (Å²) in [7, 11) is 0. The van der Waals surface area contributed by atoms with Crippen LogP contribution in [0.1, 0.15) is 19.0 Å². The van der Waals surface area contributed by atoms with Gasteiger partial charge in [0.2, 0.25) is 5.91 Å². The second-order valence-corrected chi connectivity index (χ2v) is 3.84. The van der Waals surface area contributed by atoms with Gasteiger partial charge in [0.1, 0.15) is 0 Å². The Kier molecular flexibility index (Phi) is 5.63. The largest absolute Gasteiger partial charge is 0.355 e. The average Bonchev–Trinajstić information content (AvgIpc) is 2.34. The summed E-state index contributed by atoms with van der Waals surface area (Å²) in [6.07, 6.45) is 2.48. The van der Waals surface area contributed by atoms with Crippen molar-refractivity contribution in [3.63, 3.8) is 0 Å². The molecule has 6 nitrogen and oxygen atoms in total. The van der Waals surface area contributed by atoms with E-state index < -0.39 is 6.03 Å². The summed E-state index contributed by atoms with van der Waals surface area (Å²) in [5.41, 5.74) is 1.46. The minimum atomic E-state index is -0.410. The summed E-state index contributed by atoms with van der Waals surface area (Å²) in [6, 6.07) is 3.02. The van der Waals surface area contributed by atoms with E-state index in [4.69, 9.17) is 0 Å². The highest BCUT2D eigenvalue weighted by Crippen LogP contribution is 2.06. The number of amides is 3. The first-order valence-corrected chi connectivity index (χ1v) is 5.86. The number of anilines is 1. The van der Waals surface area contributed by atoms with E-state index in [2.05, 4.69) is 20.9 Å². The van der Waals surface area contributed by atoms with Gasteiger partial charge in [-0.1, -0.05) is 6.92 Å². The highest BCUT2D eigenvalue weighted by atomic mass is 16.2. The highest BCUT2D eigenvalue weighted by molar-refractivity contribution is 5.92. The molecule has 3 amide bonds. The zero-order chi connectivity index (χ0) is 13.4. The third-order valence-corrected chi connectivity index (χ3v) is 2.14. The van der Waals surface area contributed by atoms with Crippen molar-refractivity contribution in [2.24, 2.45) is 0 Å². The van der Waals surface area contributed by atoms with Gasteiger partial charge in [0.15, 0.2) is 0 Å². The molecular weight excluding hydrogens is 232 g/mol. The molecule has 0 unspecified atom stereocenters. The molecule has 0 aromatic carbocycles. The molecule has 0 aliphatic heterocycles. The Bertz CT molecular complexity index is 420. The Labute approximate surface area is 106 Å². The topological polar surface area (TPSA) is 83.1 Å². The van der Waals surface area contributed by atoms with Crippen molar-refractivity contribution in [1.29, 1.82) is 0 Å². The van der Waals surface area contributed by atoms with Gasteiger partial charge in [0.25, 0.3) is 0 Å². The van der Waals surface area contributed by atoms with Gasteiger partial charge in [-0.25, -0.2) is 4.79 Å². The van der Waals surface area contributed by atoms with Crippen molar-refractivity contribution in [1.82, 2.24) is 15.6 Å². The van der Waals surface area contributed by atoms with Crippen molar-refractivity contribution in [3.05, 3.63) is 24.0 Å². The first kappa shape index (κ1) is 14.0. The average molecular weight is 250 g/mol. The number of nitrogens with one attached hydrogen (secondary N) is 3. The van der Waals surface area contributed by atoms with Crippen LogP contribution in [0, 0.1) is 6.92 Å². The molecule has 98 valence electrons. The smallest absolute Gasteiger partial charge is 0.319 e. The van der Waals surface area contributed by atoms with Crippen LogP contribution in [0.2, 0.25) is 0 Å². The van der Waals surface area contributed by atoms with Crippen LogP contribution in [0.4, 0.5) is 10.5 Å². The molecular formula is C12H18N4O2. The monoisotopic (exact) mass is 250 g/mol. The predicted molar refractivity (Wildman–Crippen MR) is 69.3 cm³/mol. The summed E-state index contributed by atoms with van der Waals surface area (Å²) < 4.78 is 0. The summed E-state index contributed by atoms with van der Waals surface area (Å²) >= 11 is 0. The van der Waals surface area contributed by atoms with Crippen LogP contribution in [0.25, 0.3) is 0 Å². The lowest BCUT2D eigenvalue weighted by atomic mass is 10.3. The number of carbonyl (C=O) groups excluding carboxylic acids is 2. The predicted octanol–water partition coefficient (Wildman–Crippen LogP) is 1.04. The minimum absolute atomic E-state index is 0.0318. The standard InChI is InChI=1S/C12H18N4O2/c1-3-5-14-11(17)8-15-12(18)16-10-4-6-13-9(2)7-10/h4,6-7H,3,5,8H2,1-2H3,(H,14,17)(H2,13,15,16,18).